The molecule has 3 atom stereocenters. The second kappa shape index (κ2) is 5.62. The third-order valence-corrected chi connectivity index (χ3v) is 6.83. The van der Waals surface area contributed by atoms with Gasteiger partial charge in [-0.25, -0.2) is 4.98 Å². The Morgan fingerprint density at radius 3 is 3.12 bits per heavy atom. The summed E-state index contributed by atoms with van der Waals surface area (Å²) in [5.74, 6) is 0.826. The number of pyridine rings is 1. The molecule has 2 aliphatic rings. The average Bonchev–Trinajstić information content (AvgIpc) is 3.35. The first-order chi connectivity index (χ1) is 12.1. The number of fused-ring (bicyclic) bond motifs is 2. The van der Waals surface area contributed by atoms with Crippen molar-refractivity contribution < 1.29 is 5.11 Å². The summed E-state index contributed by atoms with van der Waals surface area (Å²) in [7, 11) is 0. The molecule has 1 saturated carbocycles. The minimum atomic E-state index is -0.773. The molecule has 25 heavy (non-hydrogen) atoms. The summed E-state index contributed by atoms with van der Waals surface area (Å²) in [6, 6.07) is 5.86. The van der Waals surface area contributed by atoms with Crippen molar-refractivity contribution >= 4 is 16.3 Å². The third kappa shape index (κ3) is 2.35. The molecule has 0 spiro atoms. The zero-order chi connectivity index (χ0) is 17.0. The minimum absolute atomic E-state index is 0.272. The lowest BCUT2D eigenvalue weighted by Gasteiger charge is -2.29. The van der Waals surface area contributed by atoms with Gasteiger partial charge in [0, 0.05) is 43.3 Å². The van der Waals surface area contributed by atoms with Gasteiger partial charge >= 0.3 is 0 Å². The topological polar surface area (TPSA) is 53.7 Å². The van der Waals surface area contributed by atoms with Crippen molar-refractivity contribution in [3.63, 3.8) is 0 Å². The molecule has 0 bridgehead atoms. The van der Waals surface area contributed by atoms with Gasteiger partial charge in [0.25, 0.3) is 0 Å². The Morgan fingerprint density at radius 1 is 1.36 bits per heavy atom. The van der Waals surface area contributed by atoms with E-state index in [1.54, 1.807) is 17.5 Å². The van der Waals surface area contributed by atoms with E-state index in [9.17, 15) is 5.11 Å². The SMILES string of the molecule is Cc1nc2sccn2c1CN1C[C@@H]2CC[C@@](O)(c3ccccn3)[C@@H]2C1. The second-order valence-corrected chi connectivity index (χ2v) is 8.31. The van der Waals surface area contributed by atoms with Crippen LogP contribution in [0.15, 0.2) is 36.0 Å². The van der Waals surface area contributed by atoms with Crippen molar-refractivity contribution in [2.45, 2.75) is 31.9 Å². The maximum absolute atomic E-state index is 11.4. The van der Waals surface area contributed by atoms with Gasteiger partial charge in [0.1, 0.15) is 5.60 Å². The molecule has 0 radical (unpaired) electrons. The van der Waals surface area contributed by atoms with Crippen LogP contribution in [0.3, 0.4) is 0 Å². The van der Waals surface area contributed by atoms with Crippen LogP contribution in [0.4, 0.5) is 0 Å². The Bertz CT molecular complexity index is 905. The van der Waals surface area contributed by atoms with E-state index < -0.39 is 5.60 Å². The molecular formula is C19H22N4OS. The highest BCUT2D eigenvalue weighted by Crippen LogP contribution is 2.50. The quantitative estimate of drug-likeness (QED) is 0.786. The summed E-state index contributed by atoms with van der Waals surface area (Å²) in [6.45, 7) is 4.97. The Morgan fingerprint density at radius 2 is 2.28 bits per heavy atom. The van der Waals surface area contributed by atoms with Gasteiger partial charge in [-0.2, -0.15) is 0 Å². The van der Waals surface area contributed by atoms with E-state index in [-0.39, 0.29) is 5.92 Å². The number of hydrogen-bond donors (Lipinski definition) is 1. The van der Waals surface area contributed by atoms with Crippen LogP contribution in [0.1, 0.15) is 29.9 Å². The molecule has 130 valence electrons. The van der Waals surface area contributed by atoms with Gasteiger partial charge in [-0.15, -0.1) is 11.3 Å². The number of hydrogen-bond acceptors (Lipinski definition) is 5. The molecule has 5 rings (SSSR count). The van der Waals surface area contributed by atoms with E-state index in [4.69, 9.17) is 0 Å². The van der Waals surface area contributed by atoms with E-state index in [2.05, 4.69) is 37.8 Å². The number of likely N-dealkylation sites (tertiary alicyclic amines) is 1. The molecule has 0 unspecified atom stereocenters. The minimum Gasteiger partial charge on any atom is -0.383 e. The number of aliphatic hydroxyl groups is 1. The van der Waals surface area contributed by atoms with Gasteiger partial charge in [0.2, 0.25) is 0 Å². The molecule has 0 amide bonds. The largest absolute Gasteiger partial charge is 0.383 e. The van der Waals surface area contributed by atoms with Gasteiger partial charge in [0.15, 0.2) is 4.96 Å². The molecule has 3 aromatic rings. The molecule has 1 aliphatic carbocycles. The normalized spacial score (nSPS) is 29.5. The van der Waals surface area contributed by atoms with E-state index in [0.717, 1.165) is 48.8 Å². The third-order valence-electron chi connectivity index (χ3n) is 6.07. The van der Waals surface area contributed by atoms with Crippen molar-refractivity contribution in [3.05, 3.63) is 53.1 Å². The van der Waals surface area contributed by atoms with Crippen molar-refractivity contribution in [1.82, 2.24) is 19.3 Å². The number of rotatable bonds is 3. The Kier molecular flexibility index (Phi) is 3.48. The molecule has 1 aliphatic heterocycles. The summed E-state index contributed by atoms with van der Waals surface area (Å²) in [5.41, 5.74) is 2.46. The first kappa shape index (κ1) is 15.5. The number of nitrogens with zero attached hydrogens (tertiary/aromatic N) is 4. The lowest BCUT2D eigenvalue weighted by molar-refractivity contribution is -0.0109. The van der Waals surface area contributed by atoms with Gasteiger partial charge in [-0.3, -0.25) is 14.3 Å². The first-order valence-electron chi connectivity index (χ1n) is 8.92. The van der Waals surface area contributed by atoms with Crippen molar-refractivity contribution in [2.24, 2.45) is 11.8 Å². The van der Waals surface area contributed by atoms with Crippen LogP contribution in [0.25, 0.3) is 4.96 Å². The van der Waals surface area contributed by atoms with E-state index >= 15 is 0 Å². The molecule has 5 nitrogen and oxygen atoms in total. The van der Waals surface area contributed by atoms with Crippen LogP contribution < -0.4 is 0 Å². The lowest BCUT2D eigenvalue weighted by Crippen LogP contribution is -2.35. The van der Waals surface area contributed by atoms with Crippen LogP contribution in [0.2, 0.25) is 0 Å². The summed E-state index contributed by atoms with van der Waals surface area (Å²) in [4.78, 5) is 12.7. The highest BCUT2D eigenvalue weighted by molar-refractivity contribution is 7.15. The molecular weight excluding hydrogens is 332 g/mol. The van der Waals surface area contributed by atoms with Crippen LogP contribution in [0, 0.1) is 18.8 Å². The molecule has 4 heterocycles. The van der Waals surface area contributed by atoms with Gasteiger partial charge in [-0.05, 0) is 37.8 Å². The number of aryl methyl sites for hydroxylation is 1. The maximum Gasteiger partial charge on any atom is 0.194 e. The van der Waals surface area contributed by atoms with E-state index in [1.807, 2.05) is 18.2 Å². The maximum atomic E-state index is 11.4. The van der Waals surface area contributed by atoms with Gasteiger partial charge in [0.05, 0.1) is 17.1 Å². The van der Waals surface area contributed by atoms with Crippen LogP contribution in [-0.4, -0.2) is 37.5 Å². The van der Waals surface area contributed by atoms with E-state index in [1.165, 1.54) is 5.69 Å². The molecule has 1 N–H and O–H groups in total. The molecule has 6 heteroatoms. The number of aromatic nitrogens is 3. The smallest absolute Gasteiger partial charge is 0.194 e. The average molecular weight is 354 g/mol. The standard InChI is InChI=1S/C19H22N4OS/c1-13-16(23-8-9-25-18(23)21-13)12-22-10-14-5-6-19(24,15(14)11-22)17-4-2-3-7-20-17/h2-4,7-9,14-15,24H,5-6,10-12H2,1H3/t14-,15+,19-/m0/s1. The van der Waals surface area contributed by atoms with Gasteiger partial charge in [-0.1, -0.05) is 6.07 Å². The lowest BCUT2D eigenvalue weighted by atomic mass is 9.85. The Balaban J connectivity index is 1.39. The van der Waals surface area contributed by atoms with Crippen LogP contribution >= 0.6 is 11.3 Å². The zero-order valence-electron chi connectivity index (χ0n) is 14.3. The summed E-state index contributed by atoms with van der Waals surface area (Å²) in [6.07, 6.45) is 5.80. The number of imidazole rings is 1. The predicted molar refractivity (Wildman–Crippen MR) is 97.4 cm³/mol. The fourth-order valence-corrected chi connectivity index (χ4v) is 5.57. The number of thiazole rings is 1. The summed E-state index contributed by atoms with van der Waals surface area (Å²) >= 11 is 1.68. The van der Waals surface area contributed by atoms with Crippen molar-refractivity contribution in [1.29, 1.82) is 0 Å². The monoisotopic (exact) mass is 354 g/mol. The van der Waals surface area contributed by atoms with Crippen molar-refractivity contribution in [2.75, 3.05) is 13.1 Å². The summed E-state index contributed by atoms with van der Waals surface area (Å²) < 4.78 is 2.21. The van der Waals surface area contributed by atoms with Crippen molar-refractivity contribution in [3.8, 4) is 0 Å². The first-order valence-corrected chi connectivity index (χ1v) is 9.80. The Labute approximate surface area is 151 Å². The fourth-order valence-electron chi connectivity index (χ4n) is 4.79. The second-order valence-electron chi connectivity index (χ2n) is 7.44. The zero-order valence-corrected chi connectivity index (χ0v) is 15.1. The van der Waals surface area contributed by atoms with E-state index in [0.29, 0.717) is 5.92 Å². The molecule has 3 aromatic heterocycles. The van der Waals surface area contributed by atoms with Crippen LogP contribution in [-0.2, 0) is 12.1 Å². The molecule has 2 fully saturated rings. The van der Waals surface area contributed by atoms with Crippen LogP contribution in [0.5, 0.6) is 0 Å². The highest BCUT2D eigenvalue weighted by Gasteiger charge is 2.53. The Hall–Kier alpha value is -1.76. The van der Waals surface area contributed by atoms with Gasteiger partial charge < -0.3 is 5.11 Å². The molecule has 1 saturated heterocycles. The molecule has 0 aromatic carbocycles. The summed E-state index contributed by atoms with van der Waals surface area (Å²) in [5, 5.41) is 13.5. The fraction of sp³-hybridized carbons (Fsp3) is 0.474. The predicted octanol–water partition coefficient (Wildman–Crippen LogP) is 2.83. The highest BCUT2D eigenvalue weighted by atomic mass is 32.1.